The summed E-state index contributed by atoms with van der Waals surface area (Å²) >= 11 is 12.3. The minimum atomic E-state index is 0.169. The van der Waals surface area contributed by atoms with Crippen molar-refractivity contribution in [2.75, 3.05) is 0 Å². The van der Waals surface area contributed by atoms with Crippen molar-refractivity contribution in [2.24, 2.45) is 0 Å². The standard InChI is InChI=1S/C8H5Br2ClO/c9-8(10)3-5-1-2-6(12)4-7(5)11/h1-4,12H. The molecule has 0 spiro atoms. The first-order valence-electron chi connectivity index (χ1n) is 3.11. The molecule has 0 bridgehead atoms. The summed E-state index contributed by atoms with van der Waals surface area (Å²) in [6.45, 7) is 0. The van der Waals surface area contributed by atoms with Crippen LogP contribution in [0.2, 0.25) is 5.02 Å². The largest absolute Gasteiger partial charge is 0.508 e. The Balaban J connectivity index is 3.10. The average molecular weight is 312 g/mol. The van der Waals surface area contributed by atoms with Gasteiger partial charge in [-0.2, -0.15) is 0 Å². The van der Waals surface area contributed by atoms with Crippen LogP contribution in [0.25, 0.3) is 6.08 Å². The number of aromatic hydroxyl groups is 1. The fraction of sp³-hybridized carbons (Fsp3) is 0. The van der Waals surface area contributed by atoms with Crippen LogP contribution in [0, 0.1) is 0 Å². The maximum atomic E-state index is 9.04. The third-order valence-corrected chi connectivity index (χ3v) is 2.03. The minimum absolute atomic E-state index is 0.169. The molecule has 0 fully saturated rings. The summed E-state index contributed by atoms with van der Waals surface area (Å²) in [7, 11) is 0. The molecular weight excluding hydrogens is 307 g/mol. The first-order chi connectivity index (χ1) is 5.59. The van der Waals surface area contributed by atoms with E-state index in [-0.39, 0.29) is 5.75 Å². The van der Waals surface area contributed by atoms with Crippen molar-refractivity contribution in [1.29, 1.82) is 0 Å². The van der Waals surface area contributed by atoms with Crippen LogP contribution in [0.3, 0.4) is 0 Å². The maximum absolute atomic E-state index is 9.04. The Morgan fingerprint density at radius 3 is 2.58 bits per heavy atom. The summed E-state index contributed by atoms with van der Waals surface area (Å²) in [5.74, 6) is 0.169. The molecule has 0 aliphatic rings. The third-order valence-electron chi connectivity index (χ3n) is 1.25. The van der Waals surface area contributed by atoms with Gasteiger partial charge in [0.25, 0.3) is 0 Å². The smallest absolute Gasteiger partial charge is 0.117 e. The van der Waals surface area contributed by atoms with Crippen LogP contribution < -0.4 is 0 Å². The molecular formula is C8H5Br2ClO. The molecule has 12 heavy (non-hydrogen) atoms. The number of benzene rings is 1. The molecule has 1 aromatic rings. The zero-order valence-electron chi connectivity index (χ0n) is 5.89. The normalized spacial score (nSPS) is 9.58. The molecule has 1 aromatic carbocycles. The minimum Gasteiger partial charge on any atom is -0.508 e. The lowest BCUT2D eigenvalue weighted by Gasteiger charge is -1.98. The third kappa shape index (κ3) is 2.81. The Kier molecular flexibility index (Phi) is 3.62. The molecule has 0 radical (unpaired) electrons. The Morgan fingerprint density at radius 2 is 2.08 bits per heavy atom. The van der Waals surface area contributed by atoms with Gasteiger partial charge < -0.3 is 5.11 Å². The lowest BCUT2D eigenvalue weighted by molar-refractivity contribution is 0.475. The summed E-state index contributed by atoms with van der Waals surface area (Å²) in [5.41, 5.74) is 0.846. The molecule has 0 aliphatic carbocycles. The second kappa shape index (κ2) is 4.30. The quantitative estimate of drug-likeness (QED) is 0.826. The van der Waals surface area contributed by atoms with E-state index in [4.69, 9.17) is 16.7 Å². The maximum Gasteiger partial charge on any atom is 0.117 e. The van der Waals surface area contributed by atoms with E-state index in [1.54, 1.807) is 12.1 Å². The number of phenols is 1. The number of halogens is 3. The molecule has 0 saturated carbocycles. The molecule has 4 heteroatoms. The predicted octanol–water partition coefficient (Wildman–Crippen LogP) is 4.13. The molecule has 1 rings (SSSR count). The highest BCUT2D eigenvalue weighted by Crippen LogP contribution is 2.26. The van der Waals surface area contributed by atoms with E-state index in [2.05, 4.69) is 31.9 Å². The lowest BCUT2D eigenvalue weighted by atomic mass is 10.2. The molecule has 0 saturated heterocycles. The van der Waals surface area contributed by atoms with E-state index >= 15 is 0 Å². The van der Waals surface area contributed by atoms with E-state index in [1.807, 2.05) is 6.08 Å². The van der Waals surface area contributed by atoms with Crippen molar-refractivity contribution in [3.05, 3.63) is 32.2 Å². The van der Waals surface area contributed by atoms with Gasteiger partial charge in [0.1, 0.15) is 5.75 Å². The van der Waals surface area contributed by atoms with Gasteiger partial charge in [-0.1, -0.05) is 11.6 Å². The van der Waals surface area contributed by atoms with Gasteiger partial charge in [0.15, 0.2) is 0 Å². The van der Waals surface area contributed by atoms with Crippen LogP contribution in [0.4, 0.5) is 0 Å². The van der Waals surface area contributed by atoms with Crippen molar-refractivity contribution in [1.82, 2.24) is 0 Å². The van der Waals surface area contributed by atoms with Crippen molar-refractivity contribution in [2.45, 2.75) is 0 Å². The molecule has 64 valence electrons. The Bertz CT molecular complexity index is 319. The fourth-order valence-electron chi connectivity index (χ4n) is 0.751. The number of rotatable bonds is 1. The molecule has 0 unspecified atom stereocenters. The van der Waals surface area contributed by atoms with Gasteiger partial charge in [0, 0.05) is 0 Å². The highest BCUT2D eigenvalue weighted by atomic mass is 79.9. The molecule has 0 aliphatic heterocycles. The van der Waals surface area contributed by atoms with Crippen LogP contribution in [0.15, 0.2) is 21.6 Å². The van der Waals surface area contributed by atoms with Crippen LogP contribution in [0.1, 0.15) is 5.56 Å². The first-order valence-corrected chi connectivity index (χ1v) is 5.07. The van der Waals surface area contributed by atoms with Crippen LogP contribution in [-0.4, -0.2) is 5.11 Å². The number of phenolic OH excluding ortho intramolecular Hbond substituents is 1. The van der Waals surface area contributed by atoms with Gasteiger partial charge in [-0.3, -0.25) is 0 Å². The predicted molar refractivity (Wildman–Crippen MR) is 58.9 cm³/mol. The summed E-state index contributed by atoms with van der Waals surface area (Å²) < 4.78 is 0.808. The van der Waals surface area contributed by atoms with Crippen molar-refractivity contribution >= 4 is 49.5 Å². The van der Waals surface area contributed by atoms with Crippen LogP contribution in [-0.2, 0) is 0 Å². The Hall–Kier alpha value is 0.01000. The lowest BCUT2D eigenvalue weighted by Crippen LogP contribution is -1.74. The zero-order valence-corrected chi connectivity index (χ0v) is 9.82. The molecule has 0 heterocycles. The average Bonchev–Trinajstić information content (AvgIpc) is 1.94. The molecule has 0 amide bonds. The SMILES string of the molecule is Oc1ccc(C=C(Br)Br)c(Cl)c1. The van der Waals surface area contributed by atoms with Gasteiger partial charge >= 0.3 is 0 Å². The summed E-state index contributed by atoms with van der Waals surface area (Å²) in [4.78, 5) is 0. The summed E-state index contributed by atoms with van der Waals surface area (Å²) in [5, 5.41) is 9.56. The molecule has 1 nitrogen and oxygen atoms in total. The van der Waals surface area contributed by atoms with Crippen molar-refractivity contribution < 1.29 is 5.11 Å². The van der Waals surface area contributed by atoms with E-state index in [0.717, 1.165) is 8.96 Å². The van der Waals surface area contributed by atoms with E-state index in [9.17, 15) is 0 Å². The number of hydrogen-bond acceptors (Lipinski definition) is 1. The molecule has 0 aromatic heterocycles. The van der Waals surface area contributed by atoms with Gasteiger partial charge in [0.2, 0.25) is 0 Å². The van der Waals surface area contributed by atoms with Crippen molar-refractivity contribution in [3.63, 3.8) is 0 Å². The summed E-state index contributed by atoms with van der Waals surface area (Å²) in [6.07, 6.45) is 1.81. The molecule has 1 N–H and O–H groups in total. The van der Waals surface area contributed by atoms with Crippen molar-refractivity contribution in [3.8, 4) is 5.75 Å². The highest BCUT2D eigenvalue weighted by Gasteiger charge is 1.98. The van der Waals surface area contributed by atoms with Crippen LogP contribution >= 0.6 is 43.5 Å². The van der Waals surface area contributed by atoms with Gasteiger partial charge in [-0.15, -0.1) is 0 Å². The highest BCUT2D eigenvalue weighted by molar-refractivity contribution is 9.28. The van der Waals surface area contributed by atoms with Gasteiger partial charge in [-0.05, 0) is 61.7 Å². The summed E-state index contributed by atoms with van der Waals surface area (Å²) in [6, 6.07) is 4.82. The zero-order chi connectivity index (χ0) is 9.14. The first kappa shape index (κ1) is 10.1. The second-order valence-corrected chi connectivity index (χ2v) is 5.32. The van der Waals surface area contributed by atoms with E-state index < -0.39 is 0 Å². The van der Waals surface area contributed by atoms with Crippen LogP contribution in [0.5, 0.6) is 5.75 Å². The Morgan fingerprint density at radius 1 is 1.42 bits per heavy atom. The second-order valence-electron chi connectivity index (χ2n) is 2.14. The van der Waals surface area contributed by atoms with Gasteiger partial charge in [0.05, 0.1) is 8.41 Å². The van der Waals surface area contributed by atoms with E-state index in [1.165, 1.54) is 6.07 Å². The topological polar surface area (TPSA) is 20.2 Å². The number of hydrogen-bond donors (Lipinski definition) is 1. The Labute approximate surface area is 92.3 Å². The van der Waals surface area contributed by atoms with Gasteiger partial charge in [-0.25, -0.2) is 0 Å². The molecule has 0 atom stereocenters. The fourth-order valence-corrected chi connectivity index (χ4v) is 1.47. The van der Waals surface area contributed by atoms with E-state index in [0.29, 0.717) is 5.02 Å². The monoisotopic (exact) mass is 310 g/mol.